The number of alkyl halides is 3. The number of amides is 1. The van der Waals surface area contributed by atoms with Crippen LogP contribution in [0.5, 0.6) is 0 Å². The predicted octanol–water partition coefficient (Wildman–Crippen LogP) is 5.43. The van der Waals surface area contributed by atoms with E-state index < -0.39 is 11.7 Å². The van der Waals surface area contributed by atoms with Gasteiger partial charge in [0.15, 0.2) is 0 Å². The standard InChI is InChI=1S/C24H21F3N2O/c1-28(15-17-5-4-8-20(13-17)24(25,26)27)21-9-11-22(12-10-21)29-16-19-7-3-2-6-18(19)14-23(29)30/h2-13H,14-16H2,1H3. The van der Waals surface area contributed by atoms with Crippen molar-refractivity contribution >= 4 is 17.3 Å². The molecule has 1 amide bonds. The fraction of sp³-hybridized carbons (Fsp3) is 0.208. The molecule has 0 radical (unpaired) electrons. The van der Waals surface area contributed by atoms with E-state index in [0.717, 1.165) is 28.6 Å². The highest BCUT2D eigenvalue weighted by molar-refractivity contribution is 5.96. The first-order chi connectivity index (χ1) is 14.3. The van der Waals surface area contributed by atoms with E-state index in [4.69, 9.17) is 0 Å². The van der Waals surface area contributed by atoms with Crippen LogP contribution in [-0.2, 0) is 30.5 Å². The Morgan fingerprint density at radius 1 is 0.933 bits per heavy atom. The molecule has 0 aromatic heterocycles. The summed E-state index contributed by atoms with van der Waals surface area (Å²) in [4.78, 5) is 16.2. The molecular weight excluding hydrogens is 389 g/mol. The monoisotopic (exact) mass is 410 g/mol. The highest BCUT2D eigenvalue weighted by Gasteiger charge is 2.30. The molecule has 0 saturated heterocycles. The minimum absolute atomic E-state index is 0.0544. The minimum Gasteiger partial charge on any atom is -0.370 e. The van der Waals surface area contributed by atoms with Gasteiger partial charge in [0.25, 0.3) is 0 Å². The van der Waals surface area contributed by atoms with Crippen LogP contribution in [0.1, 0.15) is 22.3 Å². The Morgan fingerprint density at radius 3 is 2.33 bits per heavy atom. The molecule has 0 bridgehead atoms. The maximum atomic E-state index is 12.9. The molecule has 0 spiro atoms. The molecule has 1 aliphatic rings. The second kappa shape index (κ2) is 7.86. The van der Waals surface area contributed by atoms with Crippen LogP contribution >= 0.6 is 0 Å². The third kappa shape index (κ3) is 4.17. The topological polar surface area (TPSA) is 23.6 Å². The number of carbonyl (C=O) groups excluding carboxylic acids is 1. The molecule has 3 aromatic carbocycles. The second-order valence-corrected chi connectivity index (χ2v) is 7.50. The summed E-state index contributed by atoms with van der Waals surface area (Å²) < 4.78 is 38.8. The Kier molecular flexibility index (Phi) is 5.24. The summed E-state index contributed by atoms with van der Waals surface area (Å²) >= 11 is 0. The van der Waals surface area contributed by atoms with Crippen molar-refractivity contribution < 1.29 is 18.0 Å². The third-order valence-electron chi connectivity index (χ3n) is 5.37. The van der Waals surface area contributed by atoms with Crippen molar-refractivity contribution in [3.63, 3.8) is 0 Å². The van der Waals surface area contributed by atoms with Crippen LogP contribution in [0.15, 0.2) is 72.8 Å². The predicted molar refractivity (Wildman–Crippen MR) is 111 cm³/mol. The van der Waals surface area contributed by atoms with Gasteiger partial charge in [-0.15, -0.1) is 0 Å². The molecule has 3 nitrogen and oxygen atoms in total. The van der Waals surface area contributed by atoms with Crippen LogP contribution in [0, 0.1) is 0 Å². The van der Waals surface area contributed by atoms with Crippen molar-refractivity contribution in [1.82, 2.24) is 0 Å². The van der Waals surface area contributed by atoms with Crippen LogP contribution < -0.4 is 9.80 Å². The minimum atomic E-state index is -4.35. The van der Waals surface area contributed by atoms with E-state index in [1.807, 2.05) is 60.5 Å². The summed E-state index contributed by atoms with van der Waals surface area (Å²) in [5.41, 5.74) is 3.82. The van der Waals surface area contributed by atoms with E-state index in [0.29, 0.717) is 25.1 Å². The van der Waals surface area contributed by atoms with Gasteiger partial charge in [-0.1, -0.05) is 36.4 Å². The highest BCUT2D eigenvalue weighted by Crippen LogP contribution is 2.31. The maximum absolute atomic E-state index is 12.9. The number of carbonyl (C=O) groups is 1. The fourth-order valence-corrected chi connectivity index (χ4v) is 3.73. The van der Waals surface area contributed by atoms with Crippen LogP contribution in [0.25, 0.3) is 0 Å². The molecule has 4 rings (SSSR count). The van der Waals surface area contributed by atoms with Crippen molar-refractivity contribution in [3.8, 4) is 0 Å². The zero-order valence-corrected chi connectivity index (χ0v) is 16.5. The Balaban J connectivity index is 1.48. The molecule has 0 N–H and O–H groups in total. The molecule has 1 heterocycles. The zero-order chi connectivity index (χ0) is 21.3. The van der Waals surface area contributed by atoms with Gasteiger partial charge in [-0.25, -0.2) is 0 Å². The van der Waals surface area contributed by atoms with E-state index in [1.165, 1.54) is 12.1 Å². The maximum Gasteiger partial charge on any atom is 0.416 e. The first-order valence-electron chi connectivity index (χ1n) is 9.66. The van der Waals surface area contributed by atoms with Gasteiger partial charge in [0.2, 0.25) is 5.91 Å². The van der Waals surface area contributed by atoms with Crippen molar-refractivity contribution in [1.29, 1.82) is 0 Å². The average Bonchev–Trinajstić information content (AvgIpc) is 2.73. The van der Waals surface area contributed by atoms with Gasteiger partial charge in [-0.2, -0.15) is 13.2 Å². The fourth-order valence-electron chi connectivity index (χ4n) is 3.73. The lowest BCUT2D eigenvalue weighted by molar-refractivity contribution is -0.137. The quantitative estimate of drug-likeness (QED) is 0.573. The van der Waals surface area contributed by atoms with Crippen LogP contribution in [-0.4, -0.2) is 13.0 Å². The first-order valence-corrected chi connectivity index (χ1v) is 9.66. The Morgan fingerprint density at radius 2 is 1.63 bits per heavy atom. The number of anilines is 2. The molecule has 1 aliphatic heterocycles. The molecule has 30 heavy (non-hydrogen) atoms. The summed E-state index contributed by atoms with van der Waals surface area (Å²) in [6.07, 6.45) is -3.97. The number of fused-ring (bicyclic) bond motifs is 1. The smallest absolute Gasteiger partial charge is 0.370 e. The summed E-state index contributed by atoms with van der Waals surface area (Å²) in [6.45, 7) is 0.883. The highest BCUT2D eigenvalue weighted by atomic mass is 19.4. The molecule has 0 saturated carbocycles. The van der Waals surface area contributed by atoms with E-state index in [-0.39, 0.29) is 5.91 Å². The number of hydrogen-bond donors (Lipinski definition) is 0. The van der Waals surface area contributed by atoms with Gasteiger partial charge in [0.05, 0.1) is 18.5 Å². The van der Waals surface area contributed by atoms with Crippen LogP contribution in [0.4, 0.5) is 24.5 Å². The second-order valence-electron chi connectivity index (χ2n) is 7.50. The summed E-state index contributed by atoms with van der Waals surface area (Å²) in [7, 11) is 1.83. The van der Waals surface area contributed by atoms with Gasteiger partial charge < -0.3 is 9.80 Å². The Labute approximate surface area is 173 Å². The molecule has 3 aromatic rings. The average molecular weight is 410 g/mol. The van der Waals surface area contributed by atoms with Gasteiger partial charge in [0.1, 0.15) is 0 Å². The lowest BCUT2D eigenvalue weighted by atomic mass is 9.99. The Bertz CT molecular complexity index is 1060. The lowest BCUT2D eigenvalue weighted by Gasteiger charge is -2.29. The SMILES string of the molecule is CN(Cc1cccc(C(F)(F)F)c1)c1ccc(N2Cc3ccccc3CC2=O)cc1. The molecule has 154 valence electrons. The van der Waals surface area contributed by atoms with Gasteiger partial charge in [-0.05, 0) is 53.1 Å². The van der Waals surface area contributed by atoms with Crippen molar-refractivity contribution in [2.24, 2.45) is 0 Å². The number of rotatable bonds is 4. The van der Waals surface area contributed by atoms with Crippen molar-refractivity contribution in [3.05, 3.63) is 95.1 Å². The third-order valence-corrected chi connectivity index (χ3v) is 5.37. The summed E-state index contributed by atoms with van der Waals surface area (Å²) in [5.74, 6) is 0.0544. The van der Waals surface area contributed by atoms with E-state index in [1.54, 1.807) is 11.0 Å². The molecule has 0 unspecified atom stereocenters. The van der Waals surface area contributed by atoms with E-state index in [2.05, 4.69) is 0 Å². The number of hydrogen-bond acceptors (Lipinski definition) is 2. The lowest BCUT2D eigenvalue weighted by Crippen LogP contribution is -2.36. The van der Waals surface area contributed by atoms with Crippen molar-refractivity contribution in [2.45, 2.75) is 25.7 Å². The van der Waals surface area contributed by atoms with Gasteiger partial charge >= 0.3 is 6.18 Å². The molecular formula is C24H21F3N2O. The first kappa shape index (κ1) is 20.0. The number of nitrogens with zero attached hydrogens (tertiary/aromatic N) is 2. The molecule has 6 heteroatoms. The van der Waals surface area contributed by atoms with Crippen molar-refractivity contribution in [2.75, 3.05) is 16.8 Å². The zero-order valence-electron chi connectivity index (χ0n) is 16.5. The number of halogens is 3. The summed E-state index contributed by atoms with van der Waals surface area (Å²) in [6, 6.07) is 20.8. The van der Waals surface area contributed by atoms with E-state index >= 15 is 0 Å². The van der Waals surface area contributed by atoms with Crippen LogP contribution in [0.2, 0.25) is 0 Å². The molecule has 0 aliphatic carbocycles. The number of benzene rings is 3. The molecule has 0 fully saturated rings. The largest absolute Gasteiger partial charge is 0.416 e. The normalized spacial score (nSPS) is 13.9. The van der Waals surface area contributed by atoms with Gasteiger partial charge in [0, 0.05) is 25.0 Å². The summed E-state index contributed by atoms with van der Waals surface area (Å²) in [5, 5.41) is 0. The Hall–Kier alpha value is -3.28. The molecule has 0 atom stereocenters. The van der Waals surface area contributed by atoms with Gasteiger partial charge in [-0.3, -0.25) is 4.79 Å². The van der Waals surface area contributed by atoms with Crippen LogP contribution in [0.3, 0.4) is 0 Å². The van der Waals surface area contributed by atoms with E-state index in [9.17, 15) is 18.0 Å².